The van der Waals surface area contributed by atoms with Crippen LogP contribution in [-0.2, 0) is 4.79 Å². The normalized spacial score (nSPS) is 11.7. The number of carbonyl (C=O) groups excluding carboxylic acids is 2. The Bertz CT molecular complexity index is 990. The van der Waals surface area contributed by atoms with Gasteiger partial charge in [-0.05, 0) is 62.4 Å². The molecule has 0 aliphatic rings. The minimum atomic E-state index is -0.532. The van der Waals surface area contributed by atoms with Crippen molar-refractivity contribution in [1.29, 1.82) is 0 Å². The van der Waals surface area contributed by atoms with E-state index in [-0.39, 0.29) is 34.4 Å². The maximum absolute atomic E-state index is 12.9. The minimum absolute atomic E-state index is 0.0386. The molecule has 0 saturated heterocycles. The second-order valence-corrected chi connectivity index (χ2v) is 7.02. The van der Waals surface area contributed by atoms with Gasteiger partial charge in [-0.2, -0.15) is 0 Å². The first-order chi connectivity index (χ1) is 13.9. The molecule has 150 valence electrons. The second kappa shape index (κ2) is 9.33. The summed E-state index contributed by atoms with van der Waals surface area (Å²) in [4.78, 5) is 23.3. The van der Waals surface area contributed by atoms with E-state index in [1.165, 1.54) is 31.2 Å². The van der Waals surface area contributed by atoms with Gasteiger partial charge in [0.15, 0.2) is 11.9 Å². The molecule has 0 bridgehead atoms. The van der Waals surface area contributed by atoms with Crippen molar-refractivity contribution in [2.45, 2.75) is 25.2 Å². The van der Waals surface area contributed by atoms with Crippen LogP contribution in [-0.4, -0.2) is 27.6 Å². The van der Waals surface area contributed by atoms with Gasteiger partial charge in [-0.1, -0.05) is 11.8 Å². The number of hydrogen-bond donors (Lipinski definition) is 1. The second-order valence-electron chi connectivity index (χ2n) is 6.09. The number of ketones is 1. The van der Waals surface area contributed by atoms with Crippen molar-refractivity contribution >= 4 is 29.1 Å². The third-order valence-electron chi connectivity index (χ3n) is 3.80. The van der Waals surface area contributed by atoms with Crippen LogP contribution in [0.5, 0.6) is 5.75 Å². The summed E-state index contributed by atoms with van der Waals surface area (Å²) in [7, 11) is 0. The highest BCUT2D eigenvalue weighted by Gasteiger charge is 2.17. The van der Waals surface area contributed by atoms with E-state index in [9.17, 15) is 14.0 Å². The summed E-state index contributed by atoms with van der Waals surface area (Å²) < 4.78 is 24.1. The molecule has 3 aromatic rings. The zero-order valence-electron chi connectivity index (χ0n) is 15.7. The number of nitrogens with one attached hydrogen (secondary N) is 1. The van der Waals surface area contributed by atoms with E-state index in [1.807, 2.05) is 0 Å². The average molecular weight is 415 g/mol. The molecular formula is C20H18FN3O4S. The van der Waals surface area contributed by atoms with Gasteiger partial charge in [0.05, 0.1) is 5.75 Å². The minimum Gasteiger partial charge on any atom is -0.481 e. The molecule has 0 spiro atoms. The highest BCUT2D eigenvalue weighted by molar-refractivity contribution is 7.99. The molecule has 3 rings (SSSR count). The largest absolute Gasteiger partial charge is 0.481 e. The number of rotatable bonds is 8. The molecular weight excluding hydrogens is 397 g/mol. The molecule has 2 aromatic carbocycles. The van der Waals surface area contributed by atoms with Crippen LogP contribution in [0.15, 0.2) is 58.2 Å². The highest BCUT2D eigenvalue weighted by atomic mass is 32.2. The fourth-order valence-corrected chi connectivity index (χ4v) is 2.89. The van der Waals surface area contributed by atoms with Gasteiger partial charge in [0, 0.05) is 11.3 Å². The molecule has 0 aliphatic heterocycles. The molecule has 1 atom stereocenters. The predicted octanol–water partition coefficient (Wildman–Crippen LogP) is 4.28. The molecule has 7 nitrogen and oxygen atoms in total. The Morgan fingerprint density at radius 2 is 1.83 bits per heavy atom. The molecule has 0 unspecified atom stereocenters. The first-order valence-corrected chi connectivity index (χ1v) is 9.68. The van der Waals surface area contributed by atoms with Crippen LogP contribution in [0.1, 0.15) is 36.2 Å². The van der Waals surface area contributed by atoms with Crippen molar-refractivity contribution in [2.75, 3.05) is 11.1 Å². The van der Waals surface area contributed by atoms with E-state index < -0.39 is 6.10 Å². The molecule has 1 N–H and O–H groups in total. The van der Waals surface area contributed by atoms with Crippen LogP contribution >= 0.6 is 11.8 Å². The van der Waals surface area contributed by atoms with E-state index in [0.717, 1.165) is 11.8 Å². The summed E-state index contributed by atoms with van der Waals surface area (Å²) in [6.45, 7) is 3.21. The fourth-order valence-electron chi connectivity index (χ4n) is 2.32. The van der Waals surface area contributed by atoms with Crippen molar-refractivity contribution in [2.24, 2.45) is 0 Å². The van der Waals surface area contributed by atoms with Crippen LogP contribution in [0.2, 0.25) is 0 Å². The SMILES string of the molecule is CC(=O)c1ccc(NC(=O)CSc2nnc([C@H](C)Oc3ccc(F)cc3)o2)cc1. The van der Waals surface area contributed by atoms with E-state index in [2.05, 4.69) is 15.5 Å². The van der Waals surface area contributed by atoms with Crippen LogP contribution in [0.3, 0.4) is 0 Å². The Hall–Kier alpha value is -3.20. The number of hydrogen-bond acceptors (Lipinski definition) is 7. The Balaban J connectivity index is 1.49. The maximum atomic E-state index is 12.9. The van der Waals surface area contributed by atoms with Gasteiger partial charge in [0.25, 0.3) is 11.1 Å². The van der Waals surface area contributed by atoms with Crippen LogP contribution in [0.25, 0.3) is 0 Å². The number of benzene rings is 2. The van der Waals surface area contributed by atoms with Gasteiger partial charge in [0.2, 0.25) is 5.91 Å². The summed E-state index contributed by atoms with van der Waals surface area (Å²) in [5.41, 5.74) is 1.17. The molecule has 0 radical (unpaired) electrons. The van der Waals surface area contributed by atoms with Gasteiger partial charge in [0.1, 0.15) is 11.6 Å². The molecule has 1 aromatic heterocycles. The zero-order valence-corrected chi connectivity index (χ0v) is 16.5. The molecule has 29 heavy (non-hydrogen) atoms. The third-order valence-corrected chi connectivity index (χ3v) is 4.62. The number of aromatic nitrogens is 2. The fraction of sp³-hybridized carbons (Fsp3) is 0.200. The van der Waals surface area contributed by atoms with Crippen LogP contribution < -0.4 is 10.1 Å². The van der Waals surface area contributed by atoms with Gasteiger partial charge in [-0.15, -0.1) is 10.2 Å². The van der Waals surface area contributed by atoms with Crippen LogP contribution in [0.4, 0.5) is 10.1 Å². The monoisotopic (exact) mass is 415 g/mol. The van der Waals surface area contributed by atoms with Gasteiger partial charge < -0.3 is 14.5 Å². The van der Waals surface area contributed by atoms with Gasteiger partial charge in [-0.3, -0.25) is 9.59 Å². The summed E-state index contributed by atoms with van der Waals surface area (Å²) in [6, 6.07) is 12.2. The van der Waals surface area contributed by atoms with Gasteiger partial charge in [-0.25, -0.2) is 4.39 Å². The number of nitrogens with zero attached hydrogens (tertiary/aromatic N) is 2. The van der Waals surface area contributed by atoms with E-state index in [4.69, 9.17) is 9.15 Å². The number of carbonyl (C=O) groups is 2. The Morgan fingerprint density at radius 1 is 1.14 bits per heavy atom. The topological polar surface area (TPSA) is 94.3 Å². The smallest absolute Gasteiger partial charge is 0.277 e. The maximum Gasteiger partial charge on any atom is 0.277 e. The standard InChI is InChI=1S/C20H18FN3O4S/c1-12(25)14-3-7-16(8-4-14)22-18(26)11-29-20-24-23-19(28-20)13(2)27-17-9-5-15(21)6-10-17/h3-10,13H,11H2,1-2H3,(H,22,26)/t13-/m0/s1. The first-order valence-electron chi connectivity index (χ1n) is 8.70. The van der Waals surface area contributed by atoms with Crippen molar-refractivity contribution in [3.63, 3.8) is 0 Å². The average Bonchev–Trinajstić information content (AvgIpc) is 3.18. The lowest BCUT2D eigenvalue weighted by atomic mass is 10.1. The summed E-state index contributed by atoms with van der Waals surface area (Å²) in [5, 5.41) is 10.8. The number of thioether (sulfide) groups is 1. The molecule has 9 heteroatoms. The number of anilines is 1. The molecule has 0 saturated carbocycles. The van der Waals surface area contributed by atoms with E-state index >= 15 is 0 Å². The highest BCUT2D eigenvalue weighted by Crippen LogP contribution is 2.24. The van der Waals surface area contributed by atoms with Crippen molar-refractivity contribution in [1.82, 2.24) is 10.2 Å². The Kier molecular flexibility index (Phi) is 6.61. The van der Waals surface area contributed by atoms with Crippen molar-refractivity contribution < 1.29 is 23.1 Å². The van der Waals surface area contributed by atoms with Crippen molar-refractivity contribution in [3.8, 4) is 5.75 Å². The molecule has 1 amide bonds. The number of halogens is 1. The number of ether oxygens (including phenoxy) is 1. The molecule has 1 heterocycles. The summed E-state index contributed by atoms with van der Waals surface area (Å²) in [6.07, 6.45) is -0.532. The van der Waals surface area contributed by atoms with Crippen LogP contribution in [0, 0.1) is 5.82 Å². The van der Waals surface area contributed by atoms with E-state index in [0.29, 0.717) is 17.0 Å². The van der Waals surface area contributed by atoms with E-state index in [1.54, 1.807) is 31.2 Å². The zero-order chi connectivity index (χ0) is 20.8. The summed E-state index contributed by atoms with van der Waals surface area (Å²) >= 11 is 1.09. The predicted molar refractivity (Wildman–Crippen MR) is 106 cm³/mol. The molecule has 0 aliphatic carbocycles. The number of amides is 1. The third kappa shape index (κ3) is 5.89. The lowest BCUT2D eigenvalue weighted by molar-refractivity contribution is -0.113. The Labute approximate surface area is 170 Å². The quantitative estimate of drug-likeness (QED) is 0.433. The summed E-state index contributed by atoms with van der Waals surface area (Å²) in [5.74, 6) is 0.154. The van der Waals surface area contributed by atoms with Gasteiger partial charge >= 0.3 is 0 Å². The number of Topliss-reactive ketones (excluding diaryl/α,β-unsaturated/α-hetero) is 1. The first kappa shape index (κ1) is 20.5. The lowest BCUT2D eigenvalue weighted by Crippen LogP contribution is -2.14. The molecule has 0 fully saturated rings. The lowest BCUT2D eigenvalue weighted by Gasteiger charge is -2.10. The Morgan fingerprint density at radius 3 is 2.48 bits per heavy atom. The van der Waals surface area contributed by atoms with Crippen molar-refractivity contribution in [3.05, 3.63) is 65.8 Å².